The molecule has 0 bridgehead atoms. The lowest BCUT2D eigenvalue weighted by Gasteiger charge is -2.38. The number of aliphatic hydroxyl groups excluding tert-OH is 3. The molecule has 1 aliphatic heterocycles. The van der Waals surface area contributed by atoms with Crippen LogP contribution >= 0.6 is 15.9 Å². The van der Waals surface area contributed by atoms with Crippen LogP contribution in [-0.2, 0) is 9.47 Å². The van der Waals surface area contributed by atoms with Gasteiger partial charge in [-0.25, -0.2) is 0 Å². The van der Waals surface area contributed by atoms with Crippen LogP contribution in [0.2, 0.25) is 0 Å². The van der Waals surface area contributed by atoms with E-state index in [9.17, 15) is 15.3 Å². The topological polar surface area (TPSA) is 79.2 Å². The molecule has 1 fully saturated rings. The van der Waals surface area contributed by atoms with Crippen molar-refractivity contribution in [3.05, 3.63) is 0 Å². The van der Waals surface area contributed by atoms with Crippen LogP contribution < -0.4 is 0 Å². The molecule has 84 valence electrons. The summed E-state index contributed by atoms with van der Waals surface area (Å²) in [5.41, 5.74) is 0. The van der Waals surface area contributed by atoms with Gasteiger partial charge in [0.25, 0.3) is 0 Å². The van der Waals surface area contributed by atoms with E-state index in [1.54, 1.807) is 6.92 Å². The summed E-state index contributed by atoms with van der Waals surface area (Å²) in [7, 11) is 0. The van der Waals surface area contributed by atoms with Crippen LogP contribution in [0.1, 0.15) is 6.92 Å². The minimum Gasteiger partial charge on any atom is -0.388 e. The Bertz CT molecular complexity index is 179. The largest absolute Gasteiger partial charge is 0.388 e. The maximum atomic E-state index is 9.48. The summed E-state index contributed by atoms with van der Waals surface area (Å²) in [5.74, 6) is 0. The predicted octanol–water partition coefficient (Wildman–Crippen LogP) is -0.775. The van der Waals surface area contributed by atoms with Crippen LogP contribution in [0.3, 0.4) is 0 Å². The van der Waals surface area contributed by atoms with Gasteiger partial charge in [0.15, 0.2) is 6.29 Å². The van der Waals surface area contributed by atoms with Crippen molar-refractivity contribution in [3.63, 3.8) is 0 Å². The van der Waals surface area contributed by atoms with E-state index in [0.717, 1.165) is 0 Å². The zero-order valence-corrected chi connectivity index (χ0v) is 9.42. The third kappa shape index (κ3) is 2.65. The minimum absolute atomic E-state index is 0.372. The van der Waals surface area contributed by atoms with Crippen LogP contribution in [0.25, 0.3) is 0 Å². The molecule has 0 amide bonds. The lowest BCUT2D eigenvalue weighted by molar-refractivity contribution is -0.291. The molecule has 0 aromatic carbocycles. The van der Waals surface area contributed by atoms with Gasteiger partial charge in [0, 0.05) is 5.33 Å². The van der Waals surface area contributed by atoms with Crippen molar-refractivity contribution >= 4 is 15.9 Å². The van der Waals surface area contributed by atoms with Gasteiger partial charge >= 0.3 is 0 Å². The summed E-state index contributed by atoms with van der Waals surface area (Å²) >= 11 is 3.16. The zero-order valence-electron chi connectivity index (χ0n) is 7.84. The molecule has 6 heteroatoms. The van der Waals surface area contributed by atoms with E-state index in [2.05, 4.69) is 15.9 Å². The number of hydrogen-bond acceptors (Lipinski definition) is 5. The molecule has 0 aromatic rings. The second-order valence-electron chi connectivity index (χ2n) is 3.24. The Kier molecular flexibility index (Phi) is 4.75. The first-order valence-electron chi connectivity index (χ1n) is 4.45. The van der Waals surface area contributed by atoms with Crippen molar-refractivity contribution in [1.29, 1.82) is 0 Å². The Morgan fingerprint density at radius 2 is 1.86 bits per heavy atom. The van der Waals surface area contributed by atoms with E-state index < -0.39 is 30.7 Å². The van der Waals surface area contributed by atoms with Crippen molar-refractivity contribution in [2.45, 2.75) is 37.6 Å². The molecule has 1 rings (SSSR count). The van der Waals surface area contributed by atoms with Gasteiger partial charge in [-0.2, -0.15) is 0 Å². The van der Waals surface area contributed by atoms with Crippen molar-refractivity contribution in [2.24, 2.45) is 0 Å². The van der Waals surface area contributed by atoms with Gasteiger partial charge in [0.2, 0.25) is 0 Å². The lowest BCUT2D eigenvalue weighted by atomic mass is 10.0. The molecule has 1 unspecified atom stereocenters. The van der Waals surface area contributed by atoms with Crippen molar-refractivity contribution in [1.82, 2.24) is 0 Å². The lowest BCUT2D eigenvalue weighted by Crippen LogP contribution is -2.57. The van der Waals surface area contributed by atoms with E-state index in [0.29, 0.717) is 11.9 Å². The number of ether oxygens (including phenoxy) is 2. The highest BCUT2D eigenvalue weighted by molar-refractivity contribution is 9.09. The van der Waals surface area contributed by atoms with Crippen LogP contribution in [-0.4, -0.2) is 58.0 Å². The first kappa shape index (κ1) is 12.4. The number of aliphatic hydroxyl groups is 3. The molecule has 5 nitrogen and oxygen atoms in total. The highest BCUT2D eigenvalue weighted by atomic mass is 79.9. The van der Waals surface area contributed by atoms with E-state index in [1.165, 1.54) is 0 Å². The Morgan fingerprint density at radius 3 is 2.43 bits per heavy atom. The Hall–Kier alpha value is 0.280. The van der Waals surface area contributed by atoms with Gasteiger partial charge in [0.1, 0.15) is 18.3 Å². The van der Waals surface area contributed by atoms with Crippen LogP contribution in [0.15, 0.2) is 0 Å². The maximum Gasteiger partial charge on any atom is 0.186 e. The molecule has 0 radical (unpaired) electrons. The van der Waals surface area contributed by atoms with Crippen LogP contribution in [0, 0.1) is 0 Å². The highest BCUT2D eigenvalue weighted by Gasteiger charge is 2.42. The molecule has 0 aromatic heterocycles. The average molecular weight is 271 g/mol. The molecule has 0 aliphatic carbocycles. The molecule has 14 heavy (non-hydrogen) atoms. The summed E-state index contributed by atoms with van der Waals surface area (Å²) in [6.45, 7) is 1.99. The number of hydrogen-bond donors (Lipinski definition) is 3. The molecule has 3 N–H and O–H groups in total. The third-order valence-corrected chi connectivity index (χ3v) is 2.49. The fourth-order valence-electron chi connectivity index (χ4n) is 1.31. The van der Waals surface area contributed by atoms with E-state index in [1.807, 2.05) is 0 Å². The van der Waals surface area contributed by atoms with E-state index in [4.69, 9.17) is 9.47 Å². The smallest absolute Gasteiger partial charge is 0.186 e. The molecular formula is C8H15BrO5. The SMILES string of the molecule is C[C@@H]1OC(OCCBr)[C@@H](O)[C@H](O)[C@@H]1O. The fraction of sp³-hybridized carbons (Fsp3) is 1.00. The molecule has 5 atom stereocenters. The van der Waals surface area contributed by atoms with Crippen LogP contribution in [0.5, 0.6) is 0 Å². The predicted molar refractivity (Wildman–Crippen MR) is 52.1 cm³/mol. The Balaban J connectivity index is 2.52. The first-order valence-corrected chi connectivity index (χ1v) is 5.57. The normalized spacial score (nSPS) is 43.9. The second kappa shape index (κ2) is 5.39. The zero-order chi connectivity index (χ0) is 10.7. The van der Waals surface area contributed by atoms with Gasteiger partial charge in [-0.15, -0.1) is 0 Å². The van der Waals surface area contributed by atoms with Gasteiger partial charge < -0.3 is 24.8 Å². The molecule has 0 saturated carbocycles. The number of halogens is 1. The first-order chi connectivity index (χ1) is 6.57. The molecule has 0 spiro atoms. The third-order valence-electron chi connectivity index (χ3n) is 2.17. The van der Waals surface area contributed by atoms with Crippen molar-refractivity contribution < 1.29 is 24.8 Å². The maximum absolute atomic E-state index is 9.48. The summed E-state index contributed by atoms with van der Waals surface area (Å²) in [6.07, 6.45) is -4.93. The second-order valence-corrected chi connectivity index (χ2v) is 4.03. The molecular weight excluding hydrogens is 256 g/mol. The van der Waals surface area contributed by atoms with Crippen LogP contribution in [0.4, 0.5) is 0 Å². The van der Waals surface area contributed by atoms with Gasteiger partial charge in [-0.05, 0) is 6.92 Å². The fourth-order valence-corrected chi connectivity index (χ4v) is 1.50. The van der Waals surface area contributed by atoms with Gasteiger partial charge in [-0.3, -0.25) is 0 Å². The summed E-state index contributed by atoms with van der Waals surface area (Å²) in [4.78, 5) is 0. The monoisotopic (exact) mass is 270 g/mol. The van der Waals surface area contributed by atoms with Gasteiger partial charge in [-0.1, -0.05) is 15.9 Å². The molecule has 1 aliphatic rings. The molecule has 1 heterocycles. The highest BCUT2D eigenvalue weighted by Crippen LogP contribution is 2.21. The van der Waals surface area contributed by atoms with E-state index >= 15 is 0 Å². The van der Waals surface area contributed by atoms with Crippen molar-refractivity contribution in [3.8, 4) is 0 Å². The Morgan fingerprint density at radius 1 is 1.21 bits per heavy atom. The quantitative estimate of drug-likeness (QED) is 0.587. The number of rotatable bonds is 3. The summed E-state index contributed by atoms with van der Waals surface area (Å²) in [5, 5.41) is 28.9. The summed E-state index contributed by atoms with van der Waals surface area (Å²) in [6, 6.07) is 0. The minimum atomic E-state index is -1.22. The summed E-state index contributed by atoms with van der Waals surface area (Å²) < 4.78 is 10.3. The Labute approximate surface area is 90.8 Å². The average Bonchev–Trinajstić information content (AvgIpc) is 2.18. The van der Waals surface area contributed by atoms with Crippen molar-refractivity contribution in [2.75, 3.05) is 11.9 Å². The van der Waals surface area contributed by atoms with Gasteiger partial charge in [0.05, 0.1) is 12.7 Å². The molecule has 1 saturated heterocycles. The standard InChI is InChI=1S/C8H15BrO5/c1-4-5(10)6(11)7(12)8(14-4)13-3-2-9/h4-8,10-12H,2-3H2,1H3/t4-,5+,6+,7-,8?/m0/s1. The van der Waals surface area contributed by atoms with E-state index in [-0.39, 0.29) is 0 Å². The number of alkyl halides is 1.